The molecular formula is C13H12N2O3S. The summed E-state index contributed by atoms with van der Waals surface area (Å²) in [5.41, 5.74) is 1.15. The van der Waals surface area contributed by atoms with Gasteiger partial charge in [-0.1, -0.05) is 0 Å². The van der Waals surface area contributed by atoms with E-state index in [0.717, 1.165) is 4.88 Å². The Balaban J connectivity index is 2.29. The number of carbonyl (C=O) groups excluding carboxylic acids is 1. The second kappa shape index (κ2) is 5.19. The highest BCUT2D eigenvalue weighted by atomic mass is 32.1. The van der Waals surface area contributed by atoms with Crippen LogP contribution in [-0.4, -0.2) is 22.0 Å². The summed E-state index contributed by atoms with van der Waals surface area (Å²) in [5, 5.41) is 12.0. The number of hydrogen-bond acceptors (Lipinski definition) is 4. The molecule has 0 aliphatic heterocycles. The molecule has 0 aliphatic rings. The maximum atomic E-state index is 12.1. The summed E-state index contributed by atoms with van der Waals surface area (Å²) >= 11 is 1.24. The molecule has 2 aromatic heterocycles. The van der Waals surface area contributed by atoms with E-state index >= 15 is 0 Å². The van der Waals surface area contributed by atoms with Gasteiger partial charge in [0.15, 0.2) is 0 Å². The highest BCUT2D eigenvalue weighted by molar-refractivity contribution is 7.16. The van der Waals surface area contributed by atoms with E-state index in [1.807, 2.05) is 0 Å². The average Bonchev–Trinajstić information content (AvgIpc) is 2.70. The fourth-order valence-electron chi connectivity index (χ4n) is 1.66. The molecule has 0 fully saturated rings. The van der Waals surface area contributed by atoms with Gasteiger partial charge < -0.3 is 10.4 Å². The molecular weight excluding hydrogens is 264 g/mol. The van der Waals surface area contributed by atoms with Crippen molar-refractivity contribution in [3.8, 4) is 0 Å². The van der Waals surface area contributed by atoms with E-state index in [1.54, 1.807) is 38.2 Å². The third-order valence-corrected chi connectivity index (χ3v) is 3.53. The van der Waals surface area contributed by atoms with E-state index in [-0.39, 0.29) is 11.5 Å². The Hall–Kier alpha value is -2.21. The molecule has 0 saturated heterocycles. The van der Waals surface area contributed by atoms with Gasteiger partial charge in [-0.2, -0.15) is 0 Å². The summed E-state index contributed by atoms with van der Waals surface area (Å²) in [4.78, 5) is 28.0. The molecule has 2 rings (SSSR count). The van der Waals surface area contributed by atoms with Crippen molar-refractivity contribution in [3.63, 3.8) is 0 Å². The van der Waals surface area contributed by atoms with Gasteiger partial charge in [0.25, 0.3) is 5.91 Å². The lowest BCUT2D eigenvalue weighted by atomic mass is 10.2. The molecule has 0 aliphatic carbocycles. The standard InChI is InChI=1S/C13H12N2O3S/c1-7-6-10(13(17)18)12(19-7)15-11(16)9-4-3-5-14-8(9)2/h3-6H,1-2H3,(H,15,16)(H,17,18). The number of hydrogen-bond donors (Lipinski definition) is 2. The van der Waals surface area contributed by atoms with Gasteiger partial charge in [0.05, 0.1) is 11.1 Å². The van der Waals surface area contributed by atoms with E-state index in [9.17, 15) is 9.59 Å². The van der Waals surface area contributed by atoms with Gasteiger partial charge in [0, 0.05) is 16.8 Å². The Bertz CT molecular complexity index is 649. The number of amides is 1. The summed E-state index contributed by atoms with van der Waals surface area (Å²) < 4.78 is 0. The van der Waals surface area contributed by atoms with Crippen LogP contribution in [0.4, 0.5) is 5.00 Å². The molecule has 0 atom stereocenters. The molecule has 2 N–H and O–H groups in total. The van der Waals surface area contributed by atoms with Crippen LogP contribution in [0, 0.1) is 13.8 Å². The van der Waals surface area contributed by atoms with Crippen LogP contribution in [0.1, 0.15) is 31.3 Å². The van der Waals surface area contributed by atoms with Crippen LogP contribution in [0.5, 0.6) is 0 Å². The molecule has 98 valence electrons. The summed E-state index contributed by atoms with van der Waals surface area (Å²) in [6.07, 6.45) is 1.60. The second-order valence-electron chi connectivity index (χ2n) is 4.00. The molecule has 0 radical (unpaired) electrons. The molecule has 5 nitrogen and oxygen atoms in total. The fourth-order valence-corrected chi connectivity index (χ4v) is 2.56. The van der Waals surface area contributed by atoms with E-state index in [0.29, 0.717) is 16.3 Å². The predicted molar refractivity (Wildman–Crippen MR) is 72.9 cm³/mol. The van der Waals surface area contributed by atoms with Crippen LogP contribution in [0.3, 0.4) is 0 Å². The number of carboxylic acids is 1. The molecule has 19 heavy (non-hydrogen) atoms. The number of aromatic carboxylic acids is 1. The minimum atomic E-state index is -1.05. The average molecular weight is 276 g/mol. The first-order valence-electron chi connectivity index (χ1n) is 5.55. The zero-order chi connectivity index (χ0) is 14.0. The van der Waals surface area contributed by atoms with Gasteiger partial charge >= 0.3 is 5.97 Å². The van der Waals surface area contributed by atoms with E-state index in [4.69, 9.17) is 5.11 Å². The Morgan fingerprint density at radius 3 is 2.68 bits per heavy atom. The molecule has 2 heterocycles. The number of nitrogens with one attached hydrogen (secondary N) is 1. The van der Waals surface area contributed by atoms with Gasteiger partial charge in [-0.25, -0.2) is 4.79 Å². The van der Waals surface area contributed by atoms with E-state index in [1.165, 1.54) is 11.3 Å². The van der Waals surface area contributed by atoms with E-state index < -0.39 is 5.97 Å². The summed E-state index contributed by atoms with van der Waals surface area (Å²) in [5.74, 6) is -1.41. The highest BCUT2D eigenvalue weighted by Crippen LogP contribution is 2.28. The zero-order valence-corrected chi connectivity index (χ0v) is 11.2. The predicted octanol–water partition coefficient (Wildman–Crippen LogP) is 2.71. The number of carboxylic acid groups (broad SMARTS) is 1. The van der Waals surface area contributed by atoms with Crippen LogP contribution >= 0.6 is 11.3 Å². The zero-order valence-electron chi connectivity index (χ0n) is 10.4. The molecule has 0 unspecified atom stereocenters. The maximum Gasteiger partial charge on any atom is 0.338 e. The smallest absolute Gasteiger partial charge is 0.338 e. The van der Waals surface area contributed by atoms with Crippen LogP contribution < -0.4 is 5.32 Å². The SMILES string of the molecule is Cc1cc(C(=O)O)c(NC(=O)c2cccnc2C)s1. The first kappa shape index (κ1) is 13.2. The third-order valence-electron chi connectivity index (χ3n) is 2.56. The van der Waals surface area contributed by atoms with Gasteiger partial charge in [-0.05, 0) is 32.0 Å². The van der Waals surface area contributed by atoms with Gasteiger partial charge in [0.1, 0.15) is 5.00 Å². The van der Waals surface area contributed by atoms with E-state index in [2.05, 4.69) is 10.3 Å². The lowest BCUT2D eigenvalue weighted by molar-refractivity contribution is 0.0698. The third kappa shape index (κ3) is 2.79. The molecule has 0 spiro atoms. The lowest BCUT2D eigenvalue weighted by Crippen LogP contribution is -2.14. The van der Waals surface area contributed by atoms with Crippen molar-refractivity contribution in [3.05, 3.63) is 46.1 Å². The van der Waals surface area contributed by atoms with Crippen molar-refractivity contribution in [2.24, 2.45) is 0 Å². The second-order valence-corrected chi connectivity index (χ2v) is 5.25. The number of pyridine rings is 1. The Morgan fingerprint density at radius 1 is 1.32 bits per heavy atom. The van der Waals surface area contributed by atoms with Crippen LogP contribution in [-0.2, 0) is 0 Å². The number of aryl methyl sites for hydroxylation is 2. The van der Waals surface area contributed by atoms with Crippen molar-refractivity contribution < 1.29 is 14.7 Å². The van der Waals surface area contributed by atoms with Gasteiger partial charge in [0.2, 0.25) is 0 Å². The molecule has 1 amide bonds. The normalized spacial score (nSPS) is 10.2. The number of nitrogens with zero attached hydrogens (tertiary/aromatic N) is 1. The van der Waals surface area contributed by atoms with Crippen LogP contribution in [0.25, 0.3) is 0 Å². The molecule has 6 heteroatoms. The number of aromatic nitrogens is 1. The summed E-state index contributed by atoms with van der Waals surface area (Å²) in [6.45, 7) is 3.52. The van der Waals surface area contributed by atoms with Gasteiger partial charge in [-0.3, -0.25) is 9.78 Å². The first-order chi connectivity index (χ1) is 8.99. The Kier molecular flexibility index (Phi) is 3.62. The van der Waals surface area contributed by atoms with Crippen LogP contribution in [0.2, 0.25) is 0 Å². The molecule has 0 aromatic carbocycles. The quantitative estimate of drug-likeness (QED) is 0.903. The monoisotopic (exact) mass is 276 g/mol. The number of carbonyl (C=O) groups is 2. The maximum absolute atomic E-state index is 12.1. The summed E-state index contributed by atoms with van der Waals surface area (Å²) in [6, 6.07) is 4.86. The number of anilines is 1. The lowest BCUT2D eigenvalue weighted by Gasteiger charge is -2.05. The van der Waals surface area contributed by atoms with Gasteiger partial charge in [-0.15, -0.1) is 11.3 Å². The fraction of sp³-hybridized carbons (Fsp3) is 0.154. The largest absolute Gasteiger partial charge is 0.478 e. The minimum Gasteiger partial charge on any atom is -0.478 e. The Labute approximate surface area is 113 Å². The number of rotatable bonds is 3. The molecule has 0 saturated carbocycles. The van der Waals surface area contributed by atoms with Crippen molar-refractivity contribution in [2.45, 2.75) is 13.8 Å². The van der Waals surface area contributed by atoms with Crippen molar-refractivity contribution in [2.75, 3.05) is 5.32 Å². The van der Waals surface area contributed by atoms with Crippen molar-refractivity contribution in [1.82, 2.24) is 4.98 Å². The van der Waals surface area contributed by atoms with Crippen molar-refractivity contribution in [1.29, 1.82) is 0 Å². The number of thiophene rings is 1. The topological polar surface area (TPSA) is 79.3 Å². The highest BCUT2D eigenvalue weighted by Gasteiger charge is 2.17. The van der Waals surface area contributed by atoms with Crippen LogP contribution in [0.15, 0.2) is 24.4 Å². The molecule has 2 aromatic rings. The minimum absolute atomic E-state index is 0.109. The summed E-state index contributed by atoms with van der Waals surface area (Å²) in [7, 11) is 0. The van der Waals surface area contributed by atoms with Crippen molar-refractivity contribution >= 4 is 28.2 Å². The first-order valence-corrected chi connectivity index (χ1v) is 6.37. The molecule has 0 bridgehead atoms. The Morgan fingerprint density at radius 2 is 2.05 bits per heavy atom.